The monoisotopic (exact) mass is 263 g/mol. The van der Waals surface area contributed by atoms with Crippen LogP contribution in [-0.2, 0) is 22.6 Å². The molecule has 0 saturated carbocycles. The number of rotatable bonds is 2. The van der Waals surface area contributed by atoms with Gasteiger partial charge in [-0.05, 0) is 17.7 Å². The van der Waals surface area contributed by atoms with E-state index in [9.17, 15) is 14.7 Å². The number of halogens is 1. The van der Waals surface area contributed by atoms with Crippen molar-refractivity contribution in [1.82, 2.24) is 4.57 Å². The molecule has 5 nitrogen and oxygen atoms in total. The van der Waals surface area contributed by atoms with Gasteiger partial charge in [0.05, 0.1) is 35.2 Å². The Bertz CT molecular complexity index is 690. The molecule has 3 rings (SSSR count). The van der Waals surface area contributed by atoms with Crippen molar-refractivity contribution < 1.29 is 14.7 Å². The summed E-state index contributed by atoms with van der Waals surface area (Å²) in [5.74, 6) is -1.32. The van der Waals surface area contributed by atoms with E-state index in [1.807, 2.05) is 0 Å². The van der Waals surface area contributed by atoms with Crippen LogP contribution < -0.4 is 10.4 Å². The maximum atomic E-state index is 11.5. The highest BCUT2D eigenvalue weighted by molar-refractivity contribution is 6.36. The van der Waals surface area contributed by atoms with E-state index < -0.39 is 5.97 Å². The highest BCUT2D eigenvalue weighted by atomic mass is 35.5. The number of hydrogen-bond donors (Lipinski definition) is 1. The van der Waals surface area contributed by atoms with Gasteiger partial charge in [-0.2, -0.15) is 0 Å². The van der Waals surface area contributed by atoms with Crippen LogP contribution in [0.25, 0.3) is 10.9 Å². The standard InChI is InChI=1S/C12H9ClN2O3/c13-7-1-2-8-11-6(3-9(16)14-12(7)11)4-15(8)5-10(17)18/h1-2,4H,3,5H2,(H,14,16)(H,17,18)/p-1. The van der Waals surface area contributed by atoms with E-state index in [-0.39, 0.29) is 18.9 Å². The zero-order chi connectivity index (χ0) is 12.9. The number of anilines is 1. The predicted molar refractivity (Wildman–Crippen MR) is 64.3 cm³/mol. The third-order valence-corrected chi connectivity index (χ3v) is 3.30. The summed E-state index contributed by atoms with van der Waals surface area (Å²) >= 11 is 6.04. The minimum atomic E-state index is -1.17. The fourth-order valence-corrected chi connectivity index (χ4v) is 2.54. The van der Waals surface area contributed by atoms with Crippen molar-refractivity contribution in [3.05, 3.63) is 28.9 Å². The van der Waals surface area contributed by atoms with E-state index in [1.165, 1.54) is 0 Å². The highest BCUT2D eigenvalue weighted by Crippen LogP contribution is 2.37. The Kier molecular flexibility index (Phi) is 2.31. The number of nitrogens with one attached hydrogen (secondary N) is 1. The average molecular weight is 264 g/mol. The lowest BCUT2D eigenvalue weighted by atomic mass is 10.0. The molecule has 1 amide bonds. The maximum absolute atomic E-state index is 11.5. The molecule has 1 aromatic heterocycles. The van der Waals surface area contributed by atoms with Gasteiger partial charge in [0, 0.05) is 11.6 Å². The Morgan fingerprint density at radius 1 is 1.50 bits per heavy atom. The van der Waals surface area contributed by atoms with Gasteiger partial charge in [-0.15, -0.1) is 0 Å². The maximum Gasteiger partial charge on any atom is 0.228 e. The number of aromatic nitrogens is 1. The van der Waals surface area contributed by atoms with Gasteiger partial charge in [-0.25, -0.2) is 0 Å². The van der Waals surface area contributed by atoms with Crippen LogP contribution in [0.3, 0.4) is 0 Å². The van der Waals surface area contributed by atoms with E-state index >= 15 is 0 Å². The minimum Gasteiger partial charge on any atom is -0.548 e. The summed E-state index contributed by atoms with van der Waals surface area (Å²) in [4.78, 5) is 22.2. The van der Waals surface area contributed by atoms with Gasteiger partial charge in [0.2, 0.25) is 5.91 Å². The van der Waals surface area contributed by atoms with Gasteiger partial charge in [0.25, 0.3) is 0 Å². The molecule has 6 heteroatoms. The second-order valence-electron chi connectivity index (χ2n) is 4.20. The fraction of sp³-hybridized carbons (Fsp3) is 0.167. The molecule has 0 spiro atoms. The van der Waals surface area contributed by atoms with E-state index in [1.54, 1.807) is 22.9 Å². The van der Waals surface area contributed by atoms with E-state index in [0.717, 1.165) is 16.5 Å². The number of carboxylic acids is 1. The Balaban J connectivity index is 2.30. The number of carboxylic acid groups (broad SMARTS) is 1. The Labute approximate surface area is 107 Å². The second kappa shape index (κ2) is 3.74. The van der Waals surface area contributed by atoms with Crippen molar-refractivity contribution in [3.63, 3.8) is 0 Å². The Hall–Kier alpha value is -2.01. The summed E-state index contributed by atoms with van der Waals surface area (Å²) in [5.41, 5.74) is 2.07. The van der Waals surface area contributed by atoms with Crippen LogP contribution >= 0.6 is 11.6 Å². The van der Waals surface area contributed by atoms with Crippen LogP contribution in [0.4, 0.5) is 5.69 Å². The van der Waals surface area contributed by atoms with Crippen molar-refractivity contribution in [2.24, 2.45) is 0 Å². The Morgan fingerprint density at radius 3 is 3.00 bits per heavy atom. The first-order chi connectivity index (χ1) is 8.56. The van der Waals surface area contributed by atoms with Crippen LogP contribution in [-0.4, -0.2) is 16.4 Å². The SMILES string of the molecule is O=C([O-])Cn1cc2c3c(c(Cl)ccc31)NC(=O)C2. The molecule has 0 bridgehead atoms. The number of nitrogens with zero attached hydrogens (tertiary/aromatic N) is 1. The van der Waals surface area contributed by atoms with Crippen LogP contribution in [0.15, 0.2) is 18.3 Å². The number of amides is 1. The molecule has 0 saturated heterocycles. The molecule has 1 aliphatic rings. The van der Waals surface area contributed by atoms with Crippen molar-refractivity contribution in [2.75, 3.05) is 5.32 Å². The minimum absolute atomic E-state index is 0.150. The van der Waals surface area contributed by atoms with Crippen molar-refractivity contribution in [3.8, 4) is 0 Å². The van der Waals surface area contributed by atoms with Crippen molar-refractivity contribution >= 4 is 40.1 Å². The summed E-state index contributed by atoms with van der Waals surface area (Å²) in [6, 6.07) is 3.38. The van der Waals surface area contributed by atoms with Crippen LogP contribution in [0, 0.1) is 0 Å². The third kappa shape index (κ3) is 1.55. The van der Waals surface area contributed by atoms with Crippen LogP contribution in [0.1, 0.15) is 5.56 Å². The predicted octanol–water partition coefficient (Wildman–Crippen LogP) is 0.539. The number of carbonyl (C=O) groups excluding carboxylic acids is 2. The molecule has 0 radical (unpaired) electrons. The van der Waals surface area contributed by atoms with Crippen molar-refractivity contribution in [2.45, 2.75) is 13.0 Å². The summed E-state index contributed by atoms with van der Waals surface area (Å²) in [5, 5.41) is 14.7. The van der Waals surface area contributed by atoms with Gasteiger partial charge in [0.1, 0.15) is 0 Å². The van der Waals surface area contributed by atoms with Gasteiger partial charge in [-0.1, -0.05) is 11.6 Å². The molecule has 2 heterocycles. The molecule has 1 N–H and O–H groups in total. The molecule has 0 atom stereocenters. The van der Waals surface area contributed by atoms with E-state index in [4.69, 9.17) is 11.6 Å². The fourth-order valence-electron chi connectivity index (χ4n) is 2.34. The summed E-state index contributed by atoms with van der Waals surface area (Å²) < 4.78 is 1.56. The third-order valence-electron chi connectivity index (χ3n) is 2.99. The molecule has 2 aromatic rings. The van der Waals surface area contributed by atoms with E-state index in [0.29, 0.717) is 10.7 Å². The highest BCUT2D eigenvalue weighted by Gasteiger charge is 2.22. The lowest BCUT2D eigenvalue weighted by Gasteiger charge is -2.15. The first-order valence-electron chi connectivity index (χ1n) is 5.36. The van der Waals surface area contributed by atoms with Crippen molar-refractivity contribution in [1.29, 1.82) is 0 Å². The molecule has 18 heavy (non-hydrogen) atoms. The second-order valence-corrected chi connectivity index (χ2v) is 4.60. The molecule has 1 aromatic carbocycles. The summed E-state index contributed by atoms with van der Waals surface area (Å²) in [6.45, 7) is -0.244. The number of aliphatic carboxylic acids is 1. The Morgan fingerprint density at radius 2 is 2.28 bits per heavy atom. The zero-order valence-corrected chi connectivity index (χ0v) is 9.95. The molecule has 0 unspecified atom stereocenters. The van der Waals surface area contributed by atoms with E-state index in [2.05, 4.69) is 5.32 Å². The molecule has 0 aliphatic carbocycles. The lowest BCUT2D eigenvalue weighted by molar-refractivity contribution is -0.306. The van der Waals surface area contributed by atoms with Gasteiger partial charge in [0.15, 0.2) is 0 Å². The first-order valence-corrected chi connectivity index (χ1v) is 5.74. The van der Waals surface area contributed by atoms with Gasteiger partial charge >= 0.3 is 0 Å². The van der Waals surface area contributed by atoms with Crippen LogP contribution in [0.5, 0.6) is 0 Å². The summed E-state index contributed by atoms with van der Waals surface area (Å²) in [7, 11) is 0. The smallest absolute Gasteiger partial charge is 0.228 e. The molecular weight excluding hydrogens is 256 g/mol. The molecular formula is C12H8ClN2O3-. The zero-order valence-electron chi connectivity index (χ0n) is 9.20. The average Bonchev–Trinajstić information content (AvgIpc) is 2.61. The molecule has 92 valence electrons. The number of benzene rings is 1. The quantitative estimate of drug-likeness (QED) is 0.859. The normalized spacial score (nSPS) is 13.7. The van der Waals surface area contributed by atoms with Gasteiger partial charge < -0.3 is 19.8 Å². The molecule has 0 fully saturated rings. The molecule has 1 aliphatic heterocycles. The first kappa shape index (κ1) is 11.1. The number of carbonyl (C=O) groups is 2. The summed E-state index contributed by atoms with van der Waals surface area (Å²) in [6.07, 6.45) is 1.89. The van der Waals surface area contributed by atoms with Crippen LogP contribution in [0.2, 0.25) is 5.02 Å². The number of hydrogen-bond acceptors (Lipinski definition) is 3. The largest absolute Gasteiger partial charge is 0.548 e. The van der Waals surface area contributed by atoms with Gasteiger partial charge in [-0.3, -0.25) is 4.79 Å². The topological polar surface area (TPSA) is 74.2 Å². The lowest BCUT2D eigenvalue weighted by Crippen LogP contribution is -2.27.